The Morgan fingerprint density at radius 1 is 1.11 bits per heavy atom. The largest absolute Gasteiger partial charge is 0.366 e. The molecule has 18 heavy (non-hydrogen) atoms. The van der Waals surface area contributed by atoms with E-state index in [1.165, 1.54) is 50.8 Å². The Balaban J connectivity index is 2.26. The first-order valence-electron chi connectivity index (χ1n) is 7.25. The van der Waals surface area contributed by atoms with Crippen LogP contribution in [-0.4, -0.2) is 12.1 Å². The van der Waals surface area contributed by atoms with Gasteiger partial charge in [0.15, 0.2) is 0 Å². The summed E-state index contributed by atoms with van der Waals surface area (Å²) in [6.07, 6.45) is 7.82. The smallest absolute Gasteiger partial charge is 0.0407 e. The maximum Gasteiger partial charge on any atom is 0.0407 e. The number of halogens is 1. The van der Waals surface area contributed by atoms with Crippen LogP contribution in [0.25, 0.3) is 0 Å². The minimum atomic E-state index is 0.400. The lowest BCUT2D eigenvalue weighted by molar-refractivity contribution is 0.358. The molecule has 1 aliphatic heterocycles. The molecule has 0 aliphatic carbocycles. The third-order valence-corrected chi connectivity index (χ3v) is 4.42. The van der Waals surface area contributed by atoms with E-state index in [2.05, 4.69) is 30.9 Å². The number of rotatable bonds is 5. The van der Waals surface area contributed by atoms with Gasteiger partial charge in [-0.1, -0.05) is 38.3 Å². The van der Waals surface area contributed by atoms with Crippen molar-refractivity contribution >= 4 is 17.3 Å². The predicted molar refractivity (Wildman–Crippen MR) is 80.6 cm³/mol. The summed E-state index contributed by atoms with van der Waals surface area (Å²) in [6.45, 7) is 5.80. The van der Waals surface area contributed by atoms with Crippen molar-refractivity contribution in [1.82, 2.24) is 0 Å². The van der Waals surface area contributed by atoms with E-state index in [1.54, 1.807) is 0 Å². The molecule has 0 aromatic heterocycles. The molecule has 0 radical (unpaired) electrons. The lowest BCUT2D eigenvalue weighted by Gasteiger charge is -2.40. The van der Waals surface area contributed by atoms with Gasteiger partial charge in [-0.3, -0.25) is 0 Å². The molecule has 1 heterocycles. The molecule has 0 atom stereocenters. The van der Waals surface area contributed by atoms with E-state index in [0.29, 0.717) is 5.54 Å². The van der Waals surface area contributed by atoms with E-state index in [4.69, 9.17) is 11.6 Å². The Hall–Kier alpha value is -0.690. The van der Waals surface area contributed by atoms with Crippen LogP contribution in [0.15, 0.2) is 24.3 Å². The minimum absolute atomic E-state index is 0.400. The van der Waals surface area contributed by atoms with Crippen LogP contribution in [0.4, 0.5) is 5.69 Å². The topological polar surface area (TPSA) is 3.24 Å². The average Bonchev–Trinajstić information content (AvgIpc) is 2.75. The second-order valence-electron chi connectivity index (χ2n) is 5.46. The van der Waals surface area contributed by atoms with Crippen molar-refractivity contribution in [3.63, 3.8) is 0 Å². The molecular formula is C16H24ClN. The Bertz CT molecular complexity index is 365. The Kier molecular flexibility index (Phi) is 4.55. The van der Waals surface area contributed by atoms with Crippen LogP contribution in [0.2, 0.25) is 5.02 Å². The van der Waals surface area contributed by atoms with Crippen LogP contribution in [-0.2, 0) is 0 Å². The first-order chi connectivity index (χ1) is 8.72. The first kappa shape index (κ1) is 13.7. The zero-order valence-electron chi connectivity index (χ0n) is 11.6. The number of anilines is 1. The molecule has 1 aliphatic rings. The van der Waals surface area contributed by atoms with Crippen molar-refractivity contribution in [2.45, 2.75) is 57.9 Å². The van der Waals surface area contributed by atoms with Crippen LogP contribution >= 0.6 is 11.6 Å². The second kappa shape index (κ2) is 5.97. The summed E-state index contributed by atoms with van der Waals surface area (Å²) in [5, 5.41) is 0.828. The molecule has 1 fully saturated rings. The van der Waals surface area contributed by atoms with Gasteiger partial charge >= 0.3 is 0 Å². The molecule has 1 aromatic carbocycles. The highest BCUT2D eigenvalue weighted by molar-refractivity contribution is 6.30. The second-order valence-corrected chi connectivity index (χ2v) is 5.89. The lowest BCUT2D eigenvalue weighted by atomic mass is 9.85. The minimum Gasteiger partial charge on any atom is -0.366 e. The van der Waals surface area contributed by atoms with E-state index < -0.39 is 0 Å². The van der Waals surface area contributed by atoms with Gasteiger partial charge in [-0.05, 0) is 49.9 Å². The van der Waals surface area contributed by atoms with Gasteiger partial charge in [0.05, 0.1) is 0 Å². The highest BCUT2D eigenvalue weighted by Gasteiger charge is 2.39. The SMILES string of the molecule is CCCC1(CCC)CCCN1c1ccc(Cl)cc1. The van der Waals surface area contributed by atoms with Gasteiger partial charge in [-0.25, -0.2) is 0 Å². The first-order valence-corrected chi connectivity index (χ1v) is 7.63. The van der Waals surface area contributed by atoms with Crippen LogP contribution in [0.1, 0.15) is 52.4 Å². The van der Waals surface area contributed by atoms with Crippen molar-refractivity contribution in [1.29, 1.82) is 0 Å². The summed E-state index contributed by atoms with van der Waals surface area (Å²) in [4.78, 5) is 2.64. The monoisotopic (exact) mass is 265 g/mol. The van der Waals surface area contributed by atoms with Gasteiger partial charge in [0.25, 0.3) is 0 Å². The molecule has 1 nitrogen and oxygen atoms in total. The molecule has 0 spiro atoms. The standard InChI is InChI=1S/C16H24ClN/c1-3-10-16(11-4-2)12-5-13-18(16)15-8-6-14(17)7-9-15/h6-9H,3-5,10-13H2,1-2H3. The van der Waals surface area contributed by atoms with Gasteiger partial charge in [0.1, 0.15) is 0 Å². The Morgan fingerprint density at radius 2 is 1.72 bits per heavy atom. The van der Waals surface area contributed by atoms with E-state index in [1.807, 2.05) is 12.1 Å². The summed E-state index contributed by atoms with van der Waals surface area (Å²) in [5.74, 6) is 0. The average molecular weight is 266 g/mol. The summed E-state index contributed by atoms with van der Waals surface area (Å²) in [7, 11) is 0. The van der Waals surface area contributed by atoms with Crippen molar-refractivity contribution in [3.8, 4) is 0 Å². The number of nitrogens with zero attached hydrogens (tertiary/aromatic N) is 1. The van der Waals surface area contributed by atoms with Crippen LogP contribution in [0.3, 0.4) is 0 Å². The Labute approximate surface area is 116 Å². The summed E-state index contributed by atoms with van der Waals surface area (Å²) in [5.41, 5.74) is 1.75. The van der Waals surface area contributed by atoms with Gasteiger partial charge in [-0.2, -0.15) is 0 Å². The third-order valence-electron chi connectivity index (χ3n) is 4.17. The predicted octanol–water partition coefficient (Wildman–Crippen LogP) is 5.28. The third kappa shape index (κ3) is 2.66. The summed E-state index contributed by atoms with van der Waals surface area (Å²) >= 11 is 5.99. The van der Waals surface area contributed by atoms with Crippen molar-refractivity contribution in [3.05, 3.63) is 29.3 Å². The summed E-state index contributed by atoms with van der Waals surface area (Å²) in [6, 6.07) is 8.37. The molecule has 100 valence electrons. The number of benzene rings is 1. The zero-order chi connectivity index (χ0) is 13.0. The van der Waals surface area contributed by atoms with Gasteiger partial charge in [0, 0.05) is 22.8 Å². The fraction of sp³-hybridized carbons (Fsp3) is 0.625. The van der Waals surface area contributed by atoms with Gasteiger partial charge in [-0.15, -0.1) is 0 Å². The molecule has 0 bridgehead atoms. The molecule has 2 rings (SSSR count). The van der Waals surface area contributed by atoms with E-state index >= 15 is 0 Å². The number of hydrogen-bond donors (Lipinski definition) is 0. The molecule has 1 saturated heterocycles. The molecule has 0 unspecified atom stereocenters. The number of hydrogen-bond acceptors (Lipinski definition) is 1. The zero-order valence-corrected chi connectivity index (χ0v) is 12.3. The molecule has 1 aromatic rings. The molecule has 2 heteroatoms. The lowest BCUT2D eigenvalue weighted by Crippen LogP contribution is -2.43. The van der Waals surface area contributed by atoms with E-state index in [0.717, 1.165) is 5.02 Å². The molecule has 0 saturated carbocycles. The van der Waals surface area contributed by atoms with Crippen molar-refractivity contribution in [2.24, 2.45) is 0 Å². The highest BCUT2D eigenvalue weighted by Crippen LogP contribution is 2.40. The van der Waals surface area contributed by atoms with Crippen molar-refractivity contribution in [2.75, 3.05) is 11.4 Å². The quantitative estimate of drug-likeness (QED) is 0.700. The maximum atomic E-state index is 5.99. The maximum absolute atomic E-state index is 5.99. The summed E-state index contributed by atoms with van der Waals surface area (Å²) < 4.78 is 0. The fourth-order valence-corrected chi connectivity index (χ4v) is 3.66. The van der Waals surface area contributed by atoms with Crippen molar-refractivity contribution < 1.29 is 0 Å². The normalized spacial score (nSPS) is 18.3. The highest BCUT2D eigenvalue weighted by atomic mass is 35.5. The van der Waals surface area contributed by atoms with Gasteiger partial charge in [0.2, 0.25) is 0 Å². The Morgan fingerprint density at radius 3 is 2.28 bits per heavy atom. The van der Waals surface area contributed by atoms with Crippen LogP contribution in [0.5, 0.6) is 0 Å². The molecule has 0 N–H and O–H groups in total. The van der Waals surface area contributed by atoms with Gasteiger partial charge < -0.3 is 4.90 Å². The van der Waals surface area contributed by atoms with E-state index in [-0.39, 0.29) is 0 Å². The van der Waals surface area contributed by atoms with Crippen LogP contribution < -0.4 is 4.90 Å². The van der Waals surface area contributed by atoms with E-state index in [9.17, 15) is 0 Å². The van der Waals surface area contributed by atoms with Crippen LogP contribution in [0, 0.1) is 0 Å². The molecular weight excluding hydrogens is 242 g/mol. The fourth-order valence-electron chi connectivity index (χ4n) is 3.54. The molecule has 0 amide bonds.